The molecule has 2 aliphatic heterocycles. The van der Waals surface area contributed by atoms with Gasteiger partial charge in [0.15, 0.2) is 0 Å². The minimum absolute atomic E-state index is 0.0203. The maximum atomic E-state index is 13.3. The standard InChI is InChI=1S/C22H30N6O4/c29-19-17(7-4-8-25-19)26-20(30)18-13-27(21(31)16-11-23-14-24-12-16)9-10-28(18)22(32)15-5-2-1-3-6-15/h11-12,14-15,17-18H,1-10,13H2,(H,25,29)(H,26,30)/t17-,18+/m0/s1. The number of amides is 4. The predicted molar refractivity (Wildman–Crippen MR) is 114 cm³/mol. The van der Waals surface area contributed by atoms with Crippen molar-refractivity contribution in [2.24, 2.45) is 5.92 Å². The van der Waals surface area contributed by atoms with Crippen LogP contribution in [0.1, 0.15) is 55.3 Å². The van der Waals surface area contributed by atoms with E-state index in [0.717, 1.165) is 38.5 Å². The van der Waals surface area contributed by atoms with E-state index in [1.807, 2.05) is 0 Å². The number of nitrogens with one attached hydrogen (secondary N) is 2. The number of hydrogen-bond acceptors (Lipinski definition) is 6. The van der Waals surface area contributed by atoms with Crippen molar-refractivity contribution in [3.05, 3.63) is 24.3 Å². The summed E-state index contributed by atoms with van der Waals surface area (Å²) in [6.45, 7) is 1.29. The van der Waals surface area contributed by atoms with Gasteiger partial charge in [0.25, 0.3) is 5.91 Å². The number of carbonyl (C=O) groups excluding carboxylic acids is 4. The summed E-state index contributed by atoms with van der Waals surface area (Å²) in [5, 5.41) is 5.58. The molecule has 1 aromatic heterocycles. The fraction of sp³-hybridized carbons (Fsp3) is 0.636. The van der Waals surface area contributed by atoms with E-state index in [4.69, 9.17) is 0 Å². The summed E-state index contributed by atoms with van der Waals surface area (Å²) >= 11 is 0. The van der Waals surface area contributed by atoms with Crippen LogP contribution in [0.15, 0.2) is 18.7 Å². The first-order chi connectivity index (χ1) is 15.5. The van der Waals surface area contributed by atoms with Crippen LogP contribution < -0.4 is 10.6 Å². The average molecular weight is 443 g/mol. The lowest BCUT2D eigenvalue weighted by Crippen LogP contribution is -2.64. The minimum atomic E-state index is -0.832. The van der Waals surface area contributed by atoms with Crippen molar-refractivity contribution >= 4 is 23.6 Å². The Labute approximate surface area is 187 Å². The van der Waals surface area contributed by atoms with E-state index in [-0.39, 0.29) is 36.7 Å². The topological polar surface area (TPSA) is 125 Å². The predicted octanol–water partition coefficient (Wildman–Crippen LogP) is 0.105. The van der Waals surface area contributed by atoms with Crippen LogP contribution >= 0.6 is 0 Å². The summed E-state index contributed by atoms with van der Waals surface area (Å²) in [4.78, 5) is 62.6. The lowest BCUT2D eigenvalue weighted by molar-refractivity contribution is -0.148. The van der Waals surface area contributed by atoms with Crippen molar-refractivity contribution in [1.29, 1.82) is 0 Å². The largest absolute Gasteiger partial charge is 0.354 e. The first-order valence-electron chi connectivity index (χ1n) is 11.5. The average Bonchev–Trinajstić information content (AvgIpc) is 2.85. The number of carbonyl (C=O) groups is 4. The molecule has 2 saturated heterocycles. The third-order valence-electron chi connectivity index (χ3n) is 6.62. The summed E-state index contributed by atoms with van der Waals surface area (Å²) in [5.41, 5.74) is 0.338. The lowest BCUT2D eigenvalue weighted by Gasteiger charge is -2.42. The van der Waals surface area contributed by atoms with Crippen molar-refractivity contribution in [2.75, 3.05) is 26.2 Å². The van der Waals surface area contributed by atoms with Gasteiger partial charge in [-0.05, 0) is 25.7 Å². The Hall–Kier alpha value is -3.04. The van der Waals surface area contributed by atoms with Gasteiger partial charge in [-0.15, -0.1) is 0 Å². The normalized spacial score (nSPS) is 24.6. The molecule has 32 heavy (non-hydrogen) atoms. The van der Waals surface area contributed by atoms with Crippen LogP contribution in [0.25, 0.3) is 0 Å². The molecule has 3 aliphatic rings. The second-order valence-electron chi connectivity index (χ2n) is 8.76. The molecule has 1 saturated carbocycles. The van der Waals surface area contributed by atoms with Crippen molar-refractivity contribution in [1.82, 2.24) is 30.4 Å². The molecule has 10 nitrogen and oxygen atoms in total. The zero-order chi connectivity index (χ0) is 22.5. The number of piperidine rings is 1. The van der Waals surface area contributed by atoms with Crippen molar-refractivity contribution < 1.29 is 19.2 Å². The van der Waals surface area contributed by atoms with E-state index in [9.17, 15) is 19.2 Å². The van der Waals surface area contributed by atoms with Crippen LogP contribution in [-0.2, 0) is 14.4 Å². The SMILES string of the molecule is O=C1NCCC[C@@H]1NC(=O)[C@H]1CN(C(=O)c2cncnc2)CCN1C(=O)C1CCCCC1. The summed E-state index contributed by atoms with van der Waals surface area (Å²) in [6.07, 6.45) is 10.4. The van der Waals surface area contributed by atoms with Crippen LogP contribution in [-0.4, -0.2) is 81.7 Å². The maximum absolute atomic E-state index is 13.3. The molecule has 172 valence electrons. The fourth-order valence-corrected chi connectivity index (χ4v) is 4.81. The monoisotopic (exact) mass is 442 g/mol. The molecule has 0 spiro atoms. The van der Waals surface area contributed by atoms with Crippen molar-refractivity contribution in [3.63, 3.8) is 0 Å². The highest BCUT2D eigenvalue weighted by molar-refractivity contribution is 5.96. The third kappa shape index (κ3) is 4.89. The first kappa shape index (κ1) is 22.2. The number of nitrogens with zero attached hydrogens (tertiary/aromatic N) is 4. The molecule has 0 unspecified atom stereocenters. The highest BCUT2D eigenvalue weighted by Crippen LogP contribution is 2.27. The van der Waals surface area contributed by atoms with Crippen LogP contribution in [0.3, 0.4) is 0 Å². The van der Waals surface area contributed by atoms with E-state index in [2.05, 4.69) is 20.6 Å². The van der Waals surface area contributed by atoms with E-state index in [1.165, 1.54) is 18.7 Å². The molecule has 10 heteroatoms. The Morgan fingerprint density at radius 2 is 1.75 bits per heavy atom. The summed E-state index contributed by atoms with van der Waals surface area (Å²) in [5.74, 6) is -0.976. The number of rotatable bonds is 4. The highest BCUT2D eigenvalue weighted by Gasteiger charge is 2.40. The van der Waals surface area contributed by atoms with Crippen LogP contribution in [0, 0.1) is 5.92 Å². The maximum Gasteiger partial charge on any atom is 0.257 e. The molecule has 0 radical (unpaired) electrons. The quantitative estimate of drug-likeness (QED) is 0.682. The molecular weight excluding hydrogens is 412 g/mol. The molecule has 3 heterocycles. The molecule has 3 fully saturated rings. The van der Waals surface area contributed by atoms with Crippen LogP contribution in [0.5, 0.6) is 0 Å². The number of piperazine rings is 1. The van der Waals surface area contributed by atoms with E-state index < -0.39 is 18.0 Å². The van der Waals surface area contributed by atoms with Gasteiger partial charge in [-0.3, -0.25) is 19.2 Å². The van der Waals surface area contributed by atoms with Crippen LogP contribution in [0.4, 0.5) is 0 Å². The third-order valence-corrected chi connectivity index (χ3v) is 6.62. The summed E-state index contributed by atoms with van der Waals surface area (Å²) in [7, 11) is 0. The van der Waals surface area contributed by atoms with Gasteiger partial charge in [-0.1, -0.05) is 19.3 Å². The second-order valence-corrected chi connectivity index (χ2v) is 8.76. The van der Waals surface area contributed by atoms with Gasteiger partial charge in [0.1, 0.15) is 18.4 Å². The molecule has 0 aromatic carbocycles. The Balaban J connectivity index is 1.51. The van der Waals surface area contributed by atoms with Gasteiger partial charge in [0.05, 0.1) is 12.1 Å². The zero-order valence-electron chi connectivity index (χ0n) is 18.2. The Morgan fingerprint density at radius 1 is 1.00 bits per heavy atom. The number of aromatic nitrogens is 2. The Kier molecular flexibility index (Phi) is 6.96. The van der Waals surface area contributed by atoms with Gasteiger partial charge < -0.3 is 20.4 Å². The zero-order valence-corrected chi connectivity index (χ0v) is 18.2. The molecule has 1 aromatic rings. The van der Waals surface area contributed by atoms with Gasteiger partial charge in [-0.25, -0.2) is 9.97 Å². The second kappa shape index (κ2) is 10.1. The Bertz CT molecular complexity index is 857. The first-order valence-corrected chi connectivity index (χ1v) is 11.5. The molecule has 0 bridgehead atoms. The van der Waals surface area contributed by atoms with Crippen LogP contribution in [0.2, 0.25) is 0 Å². The molecule has 4 amide bonds. The molecule has 2 atom stereocenters. The summed E-state index contributed by atoms with van der Waals surface area (Å²) < 4.78 is 0. The molecule has 2 N–H and O–H groups in total. The molecule has 4 rings (SSSR count). The smallest absolute Gasteiger partial charge is 0.257 e. The summed E-state index contributed by atoms with van der Waals surface area (Å²) in [6, 6.07) is -1.45. The van der Waals surface area contributed by atoms with E-state index >= 15 is 0 Å². The molecule has 1 aliphatic carbocycles. The van der Waals surface area contributed by atoms with Gasteiger partial charge in [0.2, 0.25) is 17.7 Å². The number of hydrogen-bond donors (Lipinski definition) is 2. The molecular formula is C22H30N6O4. The van der Waals surface area contributed by atoms with Crippen molar-refractivity contribution in [3.8, 4) is 0 Å². The van der Waals surface area contributed by atoms with E-state index in [1.54, 1.807) is 9.80 Å². The highest BCUT2D eigenvalue weighted by atomic mass is 16.2. The minimum Gasteiger partial charge on any atom is -0.354 e. The Morgan fingerprint density at radius 3 is 2.47 bits per heavy atom. The lowest BCUT2D eigenvalue weighted by atomic mass is 9.87. The van der Waals surface area contributed by atoms with Gasteiger partial charge >= 0.3 is 0 Å². The fourth-order valence-electron chi connectivity index (χ4n) is 4.81. The van der Waals surface area contributed by atoms with Gasteiger partial charge in [0, 0.05) is 37.9 Å². The van der Waals surface area contributed by atoms with E-state index in [0.29, 0.717) is 25.1 Å². The van der Waals surface area contributed by atoms with Gasteiger partial charge in [-0.2, -0.15) is 0 Å². The van der Waals surface area contributed by atoms with Crippen molar-refractivity contribution in [2.45, 2.75) is 57.0 Å².